The highest BCUT2D eigenvalue weighted by Crippen LogP contribution is 2.45. The number of halogens is 2. The van der Waals surface area contributed by atoms with Gasteiger partial charge >= 0.3 is 0 Å². The van der Waals surface area contributed by atoms with E-state index in [0.29, 0.717) is 30.1 Å². The highest BCUT2D eigenvalue weighted by Gasteiger charge is 2.36. The first-order valence-electron chi connectivity index (χ1n) is 12.7. The van der Waals surface area contributed by atoms with E-state index in [-0.39, 0.29) is 70.4 Å². The van der Waals surface area contributed by atoms with Crippen LogP contribution in [0.5, 0.6) is 17.2 Å². The second-order valence-corrected chi connectivity index (χ2v) is 11.2. The fourth-order valence-electron chi connectivity index (χ4n) is 4.97. The molecule has 2 aromatic rings. The maximum Gasteiger partial charge on any atom is 0.197 e. The van der Waals surface area contributed by atoms with Crippen LogP contribution < -0.4 is 14.2 Å². The fraction of sp³-hybridized carbons (Fsp3) is 0.517. The smallest absolute Gasteiger partial charge is 0.197 e. The third-order valence-corrected chi connectivity index (χ3v) is 7.03. The lowest BCUT2D eigenvalue weighted by atomic mass is 9.74. The number of nitrogens with zero attached hydrogens (tertiary/aromatic N) is 1. The van der Waals surface area contributed by atoms with Gasteiger partial charge in [-0.05, 0) is 54.9 Å². The van der Waals surface area contributed by atoms with E-state index in [1.165, 1.54) is 0 Å². The lowest BCUT2D eigenvalue weighted by molar-refractivity contribution is 0.0962. The summed E-state index contributed by atoms with van der Waals surface area (Å²) in [6, 6.07) is 5.60. The van der Waals surface area contributed by atoms with Crippen molar-refractivity contribution in [1.82, 2.24) is 4.90 Å². The van der Waals surface area contributed by atoms with Crippen LogP contribution in [0.2, 0.25) is 0 Å². The van der Waals surface area contributed by atoms with Crippen molar-refractivity contribution in [1.29, 1.82) is 5.41 Å². The van der Waals surface area contributed by atoms with Crippen LogP contribution in [-0.4, -0.2) is 42.9 Å². The summed E-state index contributed by atoms with van der Waals surface area (Å²) in [6.45, 7) is 15.8. The van der Waals surface area contributed by atoms with Crippen molar-refractivity contribution >= 4 is 28.6 Å². The molecule has 2 aromatic carbocycles. The van der Waals surface area contributed by atoms with Gasteiger partial charge in [0.2, 0.25) is 0 Å². The average Bonchev–Trinajstić information content (AvgIpc) is 3.10. The Morgan fingerprint density at radius 2 is 1.84 bits per heavy atom. The van der Waals surface area contributed by atoms with E-state index < -0.39 is 5.82 Å². The Balaban J connectivity index is 0.00000380. The Morgan fingerprint density at radius 1 is 1.16 bits per heavy atom. The van der Waals surface area contributed by atoms with Crippen LogP contribution in [0.25, 0.3) is 0 Å². The van der Waals surface area contributed by atoms with Crippen molar-refractivity contribution in [2.45, 2.75) is 72.3 Å². The molecule has 2 aliphatic heterocycles. The van der Waals surface area contributed by atoms with Gasteiger partial charge in [0.25, 0.3) is 0 Å². The van der Waals surface area contributed by atoms with Gasteiger partial charge in [0, 0.05) is 23.2 Å². The summed E-state index contributed by atoms with van der Waals surface area (Å²) in [6.07, 6.45) is 0.872. The molecule has 0 aromatic heterocycles. The molecule has 1 N–H and O–H groups in total. The molecule has 0 spiro atoms. The first-order valence-corrected chi connectivity index (χ1v) is 12.7. The molecule has 0 radical (unpaired) electrons. The molecule has 202 valence electrons. The Morgan fingerprint density at radius 3 is 2.46 bits per heavy atom. The molecule has 0 saturated heterocycles. The zero-order valence-electron chi connectivity index (χ0n) is 22.8. The van der Waals surface area contributed by atoms with Crippen LogP contribution in [-0.2, 0) is 17.4 Å². The zero-order valence-corrected chi connectivity index (χ0v) is 24.6. The summed E-state index contributed by atoms with van der Waals surface area (Å²) in [5, 5.41) is 8.66. The number of fused-ring (bicyclic) bond motifs is 2. The summed E-state index contributed by atoms with van der Waals surface area (Å²) in [4.78, 5) is 15.2. The molecular weight excluding hydrogens is 539 g/mol. The van der Waals surface area contributed by atoms with E-state index in [1.807, 2.05) is 19.1 Å². The molecule has 4 rings (SSSR count). The Bertz CT molecular complexity index is 1200. The van der Waals surface area contributed by atoms with Crippen LogP contribution >= 0.6 is 17.0 Å². The zero-order chi connectivity index (χ0) is 26.4. The maximum atomic E-state index is 15.4. The first kappa shape index (κ1) is 29.0. The molecule has 2 heterocycles. The summed E-state index contributed by atoms with van der Waals surface area (Å²) < 4.78 is 32.6. The summed E-state index contributed by atoms with van der Waals surface area (Å²) >= 11 is 0. The number of amidine groups is 1. The van der Waals surface area contributed by atoms with Crippen LogP contribution in [0.3, 0.4) is 0 Å². The minimum absolute atomic E-state index is 0. The van der Waals surface area contributed by atoms with E-state index in [0.717, 1.165) is 23.3 Å². The normalized spacial score (nSPS) is 15.9. The van der Waals surface area contributed by atoms with Crippen LogP contribution in [0, 0.1) is 11.2 Å². The van der Waals surface area contributed by atoms with Gasteiger partial charge in [0.05, 0.1) is 31.9 Å². The lowest BCUT2D eigenvalue weighted by Gasteiger charge is -2.36. The van der Waals surface area contributed by atoms with Crippen molar-refractivity contribution in [2.75, 3.05) is 26.4 Å². The molecule has 2 aliphatic rings. The molecule has 0 saturated carbocycles. The molecule has 0 amide bonds. The van der Waals surface area contributed by atoms with Crippen molar-refractivity contribution in [2.24, 2.45) is 0 Å². The van der Waals surface area contributed by atoms with Gasteiger partial charge in [-0.25, -0.2) is 4.39 Å². The standard InChI is InChI=1S/C29H37FN2O4.BrH/c1-8-34-22-14-18-15-32(27(31)23(18)24(30)26(22)35-9-2)16-21(33)17-12-19(28(3,4)5)25-20(13-17)29(6,7)10-11-36-25;/h12-14,31H,8-11,15-16H2,1-7H3;1H. The number of Topliss-reactive ketones (excluding diaryl/α,β-unsaturated/α-hetero) is 1. The predicted molar refractivity (Wildman–Crippen MR) is 149 cm³/mol. The highest BCUT2D eigenvalue weighted by atomic mass is 79.9. The SMILES string of the molecule is Br.CCOc1cc2c(c(F)c1OCC)C(=N)N(CC(=O)c1cc(C(C)(C)C)c3c(c1)C(C)(C)CCO3)C2. The number of nitrogens with one attached hydrogen (secondary N) is 1. The van der Waals surface area contributed by atoms with Crippen LogP contribution in [0.15, 0.2) is 18.2 Å². The number of benzene rings is 2. The summed E-state index contributed by atoms with van der Waals surface area (Å²) in [5.41, 5.74) is 3.10. The Kier molecular flexibility index (Phi) is 8.32. The van der Waals surface area contributed by atoms with Gasteiger partial charge in [-0.3, -0.25) is 10.2 Å². The van der Waals surface area contributed by atoms with E-state index in [2.05, 4.69) is 34.6 Å². The van der Waals surface area contributed by atoms with E-state index in [1.54, 1.807) is 17.9 Å². The molecule has 0 aliphatic carbocycles. The molecule has 8 heteroatoms. The molecule has 0 unspecified atom stereocenters. The monoisotopic (exact) mass is 576 g/mol. The number of ketones is 1. The van der Waals surface area contributed by atoms with Crippen molar-refractivity contribution in [3.8, 4) is 17.2 Å². The predicted octanol–water partition coefficient (Wildman–Crippen LogP) is 6.58. The largest absolute Gasteiger partial charge is 0.493 e. The van der Waals surface area contributed by atoms with E-state index in [9.17, 15) is 4.79 Å². The van der Waals surface area contributed by atoms with Gasteiger partial charge in [0.15, 0.2) is 23.1 Å². The van der Waals surface area contributed by atoms with E-state index >= 15 is 4.39 Å². The molecular formula is C29H38BrFN2O4. The maximum absolute atomic E-state index is 15.4. The molecule has 0 bridgehead atoms. The lowest BCUT2D eigenvalue weighted by Crippen LogP contribution is -2.32. The number of hydrogen-bond acceptors (Lipinski definition) is 5. The number of hydrogen-bond donors (Lipinski definition) is 1. The van der Waals surface area contributed by atoms with Gasteiger partial charge in [-0.1, -0.05) is 34.6 Å². The van der Waals surface area contributed by atoms with Gasteiger partial charge in [0.1, 0.15) is 11.6 Å². The van der Waals surface area contributed by atoms with Crippen molar-refractivity contribution in [3.63, 3.8) is 0 Å². The second kappa shape index (κ2) is 10.6. The van der Waals surface area contributed by atoms with Crippen LogP contribution in [0.1, 0.15) is 87.5 Å². The molecule has 37 heavy (non-hydrogen) atoms. The third-order valence-electron chi connectivity index (χ3n) is 7.03. The topological polar surface area (TPSA) is 71.9 Å². The van der Waals surface area contributed by atoms with Crippen molar-refractivity contribution in [3.05, 3.63) is 51.8 Å². The third kappa shape index (κ3) is 5.35. The van der Waals surface area contributed by atoms with Gasteiger partial charge in [-0.15, -0.1) is 17.0 Å². The minimum atomic E-state index is -0.611. The number of rotatable bonds is 7. The quantitative estimate of drug-likeness (QED) is 0.377. The fourth-order valence-corrected chi connectivity index (χ4v) is 4.97. The van der Waals surface area contributed by atoms with E-state index in [4.69, 9.17) is 19.6 Å². The average molecular weight is 578 g/mol. The first-order chi connectivity index (χ1) is 16.9. The van der Waals surface area contributed by atoms with Gasteiger partial charge < -0.3 is 19.1 Å². The number of ether oxygens (including phenoxy) is 3. The summed E-state index contributed by atoms with van der Waals surface area (Å²) in [5.74, 6) is 0.479. The molecule has 6 nitrogen and oxygen atoms in total. The van der Waals surface area contributed by atoms with Crippen LogP contribution in [0.4, 0.5) is 4.39 Å². The number of carbonyl (C=O) groups excluding carboxylic acids is 1. The Labute approximate surface area is 229 Å². The number of carbonyl (C=O) groups is 1. The highest BCUT2D eigenvalue weighted by molar-refractivity contribution is 8.93. The Hall–Kier alpha value is -2.61. The van der Waals surface area contributed by atoms with Gasteiger partial charge in [-0.2, -0.15) is 0 Å². The minimum Gasteiger partial charge on any atom is -0.493 e. The van der Waals surface area contributed by atoms with Crippen molar-refractivity contribution < 1.29 is 23.4 Å². The summed E-state index contributed by atoms with van der Waals surface area (Å²) in [7, 11) is 0. The molecule has 0 fully saturated rings. The molecule has 0 atom stereocenters. The second-order valence-electron chi connectivity index (χ2n) is 11.2.